The predicted molar refractivity (Wildman–Crippen MR) is 101 cm³/mol. The van der Waals surface area contributed by atoms with Crippen LogP contribution in [-0.4, -0.2) is 62.8 Å². The monoisotopic (exact) mass is 308 g/mol. The van der Waals surface area contributed by atoms with Crippen molar-refractivity contribution in [2.45, 2.75) is 41.5 Å². The number of nitrogens with zero attached hydrogens (tertiary/aromatic N) is 4. The Kier molecular flexibility index (Phi) is 13.0. The van der Waals surface area contributed by atoms with Crippen molar-refractivity contribution in [1.82, 2.24) is 4.90 Å². The lowest BCUT2D eigenvalue weighted by Gasteiger charge is -2.19. The molecule has 0 bridgehead atoms. The molecule has 128 valence electrons. The third-order valence-corrected chi connectivity index (χ3v) is 2.85. The number of aliphatic imine (C=N–C) groups is 3. The van der Waals surface area contributed by atoms with Crippen LogP contribution < -0.4 is 0 Å². The van der Waals surface area contributed by atoms with Crippen molar-refractivity contribution >= 4 is 18.6 Å². The molecule has 0 saturated heterocycles. The van der Waals surface area contributed by atoms with Gasteiger partial charge in [0.2, 0.25) is 0 Å². The average molecular weight is 309 g/mol. The van der Waals surface area contributed by atoms with Crippen LogP contribution in [0, 0.1) is 17.8 Å². The first-order valence-electron chi connectivity index (χ1n) is 8.64. The van der Waals surface area contributed by atoms with Crippen LogP contribution >= 0.6 is 0 Å². The standard InChI is InChI=1S/C18H36N4/c1-16(2)13-19-7-10-22(11-8-20-14-17(3)4)12-9-21-15-18(5)6/h13-18H,7-12H2,1-6H3. The molecule has 0 N–H and O–H groups in total. The minimum atomic E-state index is 0.528. The summed E-state index contributed by atoms with van der Waals surface area (Å²) in [5, 5.41) is 0. The van der Waals surface area contributed by atoms with Crippen molar-refractivity contribution < 1.29 is 0 Å². The normalized spacial score (nSPS) is 13.4. The molecule has 0 amide bonds. The highest BCUT2D eigenvalue weighted by Gasteiger charge is 2.03. The summed E-state index contributed by atoms with van der Waals surface area (Å²) in [7, 11) is 0. The van der Waals surface area contributed by atoms with E-state index in [1.54, 1.807) is 0 Å². The molecule has 0 aliphatic heterocycles. The summed E-state index contributed by atoms with van der Waals surface area (Å²) in [5.41, 5.74) is 0. The first-order valence-corrected chi connectivity index (χ1v) is 8.64. The molecule has 0 aromatic rings. The quantitative estimate of drug-likeness (QED) is 0.509. The van der Waals surface area contributed by atoms with Crippen LogP contribution in [-0.2, 0) is 0 Å². The summed E-state index contributed by atoms with van der Waals surface area (Å²) in [6.07, 6.45) is 6.10. The van der Waals surface area contributed by atoms with Crippen molar-refractivity contribution in [2.75, 3.05) is 39.3 Å². The second kappa shape index (κ2) is 13.6. The van der Waals surface area contributed by atoms with Crippen LogP contribution in [0.15, 0.2) is 15.0 Å². The van der Waals surface area contributed by atoms with Gasteiger partial charge in [0.05, 0.1) is 19.6 Å². The largest absolute Gasteiger partial charge is 0.298 e. The topological polar surface area (TPSA) is 40.3 Å². The fourth-order valence-corrected chi connectivity index (χ4v) is 1.79. The molecule has 0 atom stereocenters. The van der Waals surface area contributed by atoms with E-state index in [0.29, 0.717) is 17.8 Å². The maximum Gasteiger partial charge on any atom is 0.0513 e. The Balaban J connectivity index is 4.18. The zero-order valence-electron chi connectivity index (χ0n) is 15.5. The zero-order chi connectivity index (χ0) is 16.8. The van der Waals surface area contributed by atoms with Crippen molar-refractivity contribution in [3.63, 3.8) is 0 Å². The van der Waals surface area contributed by atoms with E-state index in [1.165, 1.54) is 0 Å². The first kappa shape index (κ1) is 21.0. The van der Waals surface area contributed by atoms with Crippen molar-refractivity contribution in [1.29, 1.82) is 0 Å². The van der Waals surface area contributed by atoms with E-state index in [0.717, 1.165) is 39.3 Å². The molecular weight excluding hydrogens is 272 g/mol. The molecule has 0 aromatic heterocycles. The molecule has 0 spiro atoms. The van der Waals surface area contributed by atoms with Crippen LogP contribution in [0.25, 0.3) is 0 Å². The summed E-state index contributed by atoms with van der Waals surface area (Å²) >= 11 is 0. The number of hydrogen-bond acceptors (Lipinski definition) is 4. The Labute approximate surface area is 137 Å². The smallest absolute Gasteiger partial charge is 0.0513 e. The summed E-state index contributed by atoms with van der Waals surface area (Å²) in [5.74, 6) is 1.58. The van der Waals surface area contributed by atoms with E-state index in [2.05, 4.69) is 61.4 Å². The summed E-state index contributed by atoms with van der Waals surface area (Å²) in [6.45, 7) is 18.5. The van der Waals surface area contributed by atoms with Gasteiger partial charge in [0.1, 0.15) is 0 Å². The second-order valence-corrected chi connectivity index (χ2v) is 6.74. The van der Waals surface area contributed by atoms with Crippen LogP contribution in [0.1, 0.15) is 41.5 Å². The van der Waals surface area contributed by atoms with Crippen molar-refractivity contribution in [3.05, 3.63) is 0 Å². The molecule has 0 radical (unpaired) electrons. The molecule has 22 heavy (non-hydrogen) atoms. The molecule has 4 nitrogen and oxygen atoms in total. The highest BCUT2D eigenvalue weighted by atomic mass is 15.1. The van der Waals surface area contributed by atoms with Gasteiger partial charge in [-0.3, -0.25) is 19.9 Å². The third-order valence-electron chi connectivity index (χ3n) is 2.85. The summed E-state index contributed by atoms with van der Waals surface area (Å²) < 4.78 is 0. The van der Waals surface area contributed by atoms with E-state index < -0.39 is 0 Å². The Morgan fingerprint density at radius 2 is 0.864 bits per heavy atom. The maximum atomic E-state index is 4.48. The lowest BCUT2D eigenvalue weighted by Crippen LogP contribution is -2.31. The van der Waals surface area contributed by atoms with Gasteiger partial charge >= 0.3 is 0 Å². The summed E-state index contributed by atoms with van der Waals surface area (Å²) in [4.78, 5) is 15.8. The minimum Gasteiger partial charge on any atom is -0.298 e. The van der Waals surface area contributed by atoms with Crippen molar-refractivity contribution in [2.24, 2.45) is 32.7 Å². The predicted octanol–water partition coefficient (Wildman–Crippen LogP) is 3.47. The summed E-state index contributed by atoms with van der Waals surface area (Å²) in [6, 6.07) is 0. The lowest BCUT2D eigenvalue weighted by atomic mass is 10.2. The molecular formula is C18H36N4. The zero-order valence-corrected chi connectivity index (χ0v) is 15.5. The molecule has 0 heterocycles. The van der Waals surface area contributed by atoms with Crippen molar-refractivity contribution in [3.8, 4) is 0 Å². The Morgan fingerprint density at radius 3 is 1.09 bits per heavy atom. The first-order chi connectivity index (χ1) is 10.4. The second-order valence-electron chi connectivity index (χ2n) is 6.74. The molecule has 0 aliphatic rings. The van der Waals surface area contributed by atoms with Gasteiger partial charge in [0.25, 0.3) is 0 Å². The fraction of sp³-hybridized carbons (Fsp3) is 0.833. The van der Waals surface area contributed by atoms with E-state index in [9.17, 15) is 0 Å². The highest BCUT2D eigenvalue weighted by Crippen LogP contribution is 1.93. The SMILES string of the molecule is CC(C)C=NCCN(CCN=CC(C)C)CCN=CC(C)C. The average Bonchev–Trinajstić information content (AvgIpc) is 2.42. The van der Waals surface area contributed by atoms with Gasteiger partial charge in [-0.1, -0.05) is 41.5 Å². The molecule has 4 heteroatoms. The van der Waals surface area contributed by atoms with Crippen LogP contribution in [0.5, 0.6) is 0 Å². The molecule has 0 aromatic carbocycles. The van der Waals surface area contributed by atoms with E-state index in [4.69, 9.17) is 0 Å². The molecule has 0 fully saturated rings. The van der Waals surface area contributed by atoms with Gasteiger partial charge in [0.15, 0.2) is 0 Å². The van der Waals surface area contributed by atoms with Crippen LogP contribution in [0.4, 0.5) is 0 Å². The van der Waals surface area contributed by atoms with Crippen LogP contribution in [0.3, 0.4) is 0 Å². The van der Waals surface area contributed by atoms with Gasteiger partial charge in [-0.15, -0.1) is 0 Å². The number of hydrogen-bond donors (Lipinski definition) is 0. The Morgan fingerprint density at radius 1 is 0.591 bits per heavy atom. The van der Waals surface area contributed by atoms with Gasteiger partial charge in [-0.25, -0.2) is 0 Å². The minimum absolute atomic E-state index is 0.528. The van der Waals surface area contributed by atoms with Gasteiger partial charge in [0, 0.05) is 38.3 Å². The molecule has 0 rings (SSSR count). The molecule has 0 saturated carbocycles. The maximum absolute atomic E-state index is 4.48. The van der Waals surface area contributed by atoms with Gasteiger partial charge in [-0.2, -0.15) is 0 Å². The lowest BCUT2D eigenvalue weighted by molar-refractivity contribution is 0.298. The van der Waals surface area contributed by atoms with Crippen LogP contribution in [0.2, 0.25) is 0 Å². The van der Waals surface area contributed by atoms with E-state index in [1.807, 2.05) is 18.6 Å². The third kappa shape index (κ3) is 15.4. The van der Waals surface area contributed by atoms with Gasteiger partial charge < -0.3 is 0 Å². The Hall–Kier alpha value is -1.03. The highest BCUT2D eigenvalue weighted by molar-refractivity contribution is 5.60. The van der Waals surface area contributed by atoms with E-state index >= 15 is 0 Å². The molecule has 0 aliphatic carbocycles. The fourth-order valence-electron chi connectivity index (χ4n) is 1.79. The number of rotatable bonds is 12. The Bertz CT molecular complexity index is 278. The van der Waals surface area contributed by atoms with Gasteiger partial charge in [-0.05, 0) is 17.8 Å². The molecule has 0 unspecified atom stereocenters. The van der Waals surface area contributed by atoms with E-state index in [-0.39, 0.29) is 0 Å².